The van der Waals surface area contributed by atoms with Crippen molar-refractivity contribution in [3.05, 3.63) is 29.8 Å². The first-order valence-electron chi connectivity index (χ1n) is 4.96. The van der Waals surface area contributed by atoms with Crippen LogP contribution in [-0.4, -0.2) is 22.9 Å². The molecule has 76 valence electrons. The summed E-state index contributed by atoms with van der Waals surface area (Å²) >= 11 is 0. The smallest absolute Gasteiger partial charge is 0.120 e. The zero-order valence-electron chi connectivity index (χ0n) is 7.98. The normalized spacial score (nSPS) is 27.5. The zero-order valence-corrected chi connectivity index (χ0v) is 7.98. The maximum Gasteiger partial charge on any atom is 0.120 e. The van der Waals surface area contributed by atoms with Crippen molar-refractivity contribution in [2.24, 2.45) is 0 Å². The number of rotatable bonds is 1. The molecule has 1 saturated heterocycles. The van der Waals surface area contributed by atoms with Gasteiger partial charge in [-0.2, -0.15) is 0 Å². The minimum absolute atomic E-state index is 0.0833. The lowest BCUT2D eigenvalue weighted by atomic mass is 9.95. The van der Waals surface area contributed by atoms with E-state index in [0.717, 1.165) is 18.5 Å². The van der Waals surface area contributed by atoms with Crippen LogP contribution in [-0.2, 0) is 0 Å². The van der Waals surface area contributed by atoms with Gasteiger partial charge in [0.25, 0.3) is 0 Å². The molecule has 1 fully saturated rings. The maximum absolute atomic E-state index is 9.63. The molecule has 3 heteroatoms. The first-order chi connectivity index (χ1) is 6.77. The van der Waals surface area contributed by atoms with Crippen molar-refractivity contribution in [3.63, 3.8) is 0 Å². The molecule has 2 atom stereocenters. The topological polar surface area (TPSA) is 52.5 Å². The third-order valence-electron chi connectivity index (χ3n) is 2.69. The lowest BCUT2D eigenvalue weighted by Crippen LogP contribution is -2.34. The summed E-state index contributed by atoms with van der Waals surface area (Å²) in [5, 5.41) is 22.4. The Labute approximate surface area is 83.4 Å². The molecule has 0 amide bonds. The predicted octanol–water partition coefficient (Wildman–Crippen LogP) is 1.18. The minimum Gasteiger partial charge on any atom is -0.508 e. The molecule has 0 bridgehead atoms. The molecule has 1 aromatic carbocycles. The van der Waals surface area contributed by atoms with Gasteiger partial charge in [0.1, 0.15) is 5.75 Å². The largest absolute Gasteiger partial charge is 0.508 e. The van der Waals surface area contributed by atoms with Crippen molar-refractivity contribution in [1.29, 1.82) is 0 Å². The van der Waals surface area contributed by atoms with Gasteiger partial charge in [0.05, 0.1) is 6.10 Å². The second-order valence-electron chi connectivity index (χ2n) is 3.74. The number of aliphatic hydroxyl groups excluding tert-OH is 1. The van der Waals surface area contributed by atoms with Crippen LogP contribution < -0.4 is 5.32 Å². The average Bonchev–Trinajstić information content (AvgIpc) is 2.18. The molecule has 3 N–H and O–H groups in total. The summed E-state index contributed by atoms with van der Waals surface area (Å²) < 4.78 is 0. The van der Waals surface area contributed by atoms with Crippen LogP contribution in [0.3, 0.4) is 0 Å². The van der Waals surface area contributed by atoms with Gasteiger partial charge >= 0.3 is 0 Å². The van der Waals surface area contributed by atoms with E-state index in [4.69, 9.17) is 0 Å². The number of piperidine rings is 1. The fourth-order valence-electron chi connectivity index (χ4n) is 1.92. The highest BCUT2D eigenvalue weighted by Crippen LogP contribution is 2.29. The van der Waals surface area contributed by atoms with Crippen molar-refractivity contribution in [1.82, 2.24) is 5.32 Å². The molecule has 0 aromatic heterocycles. The van der Waals surface area contributed by atoms with Gasteiger partial charge in [0.2, 0.25) is 0 Å². The van der Waals surface area contributed by atoms with Crippen LogP contribution in [0.5, 0.6) is 5.75 Å². The molecule has 3 nitrogen and oxygen atoms in total. The van der Waals surface area contributed by atoms with E-state index in [1.165, 1.54) is 0 Å². The van der Waals surface area contributed by atoms with Crippen LogP contribution in [0.15, 0.2) is 24.3 Å². The van der Waals surface area contributed by atoms with Gasteiger partial charge in [-0.15, -0.1) is 0 Å². The van der Waals surface area contributed by atoms with Gasteiger partial charge in [0, 0.05) is 11.6 Å². The molecule has 2 unspecified atom stereocenters. The SMILES string of the molecule is Oc1ccccc1C1CC(O)CCN1. The lowest BCUT2D eigenvalue weighted by Gasteiger charge is -2.28. The molecular weight excluding hydrogens is 178 g/mol. The van der Waals surface area contributed by atoms with Gasteiger partial charge < -0.3 is 15.5 Å². The second-order valence-corrected chi connectivity index (χ2v) is 3.74. The molecule has 1 aliphatic heterocycles. The van der Waals surface area contributed by atoms with E-state index in [1.807, 2.05) is 12.1 Å². The first kappa shape index (κ1) is 9.49. The summed E-state index contributed by atoms with van der Waals surface area (Å²) in [7, 11) is 0. The summed E-state index contributed by atoms with van der Waals surface area (Å²) in [6, 6.07) is 7.36. The quantitative estimate of drug-likeness (QED) is 0.627. The van der Waals surface area contributed by atoms with Gasteiger partial charge in [-0.25, -0.2) is 0 Å². The number of hydrogen-bond donors (Lipinski definition) is 3. The van der Waals surface area contributed by atoms with Crippen LogP contribution in [0.4, 0.5) is 0 Å². The molecular formula is C11H15NO2. The van der Waals surface area contributed by atoms with E-state index in [1.54, 1.807) is 12.1 Å². The van der Waals surface area contributed by atoms with Crippen molar-refractivity contribution >= 4 is 0 Å². The number of benzene rings is 1. The first-order valence-corrected chi connectivity index (χ1v) is 4.96. The van der Waals surface area contributed by atoms with E-state index in [2.05, 4.69) is 5.32 Å². The number of hydrogen-bond acceptors (Lipinski definition) is 3. The Morgan fingerprint density at radius 3 is 2.79 bits per heavy atom. The van der Waals surface area contributed by atoms with Gasteiger partial charge in [-0.1, -0.05) is 18.2 Å². The van der Waals surface area contributed by atoms with Crippen LogP contribution >= 0.6 is 0 Å². The molecule has 1 heterocycles. The molecule has 0 spiro atoms. The van der Waals surface area contributed by atoms with Crippen molar-refractivity contribution < 1.29 is 10.2 Å². The summed E-state index contributed by atoms with van der Waals surface area (Å²) in [4.78, 5) is 0. The standard InChI is InChI=1S/C11H15NO2/c13-8-5-6-12-10(7-8)9-3-1-2-4-11(9)14/h1-4,8,10,12-14H,5-7H2. The minimum atomic E-state index is -0.249. The molecule has 14 heavy (non-hydrogen) atoms. The molecule has 0 saturated carbocycles. The Balaban J connectivity index is 2.18. The second kappa shape index (κ2) is 3.98. The predicted molar refractivity (Wildman–Crippen MR) is 54.1 cm³/mol. The van der Waals surface area contributed by atoms with Crippen molar-refractivity contribution in [2.45, 2.75) is 25.0 Å². The fraction of sp³-hybridized carbons (Fsp3) is 0.455. The van der Waals surface area contributed by atoms with Crippen LogP contribution in [0.25, 0.3) is 0 Å². The number of phenols is 1. The Kier molecular flexibility index (Phi) is 2.70. The summed E-state index contributed by atoms with van der Waals surface area (Å²) in [6.45, 7) is 0.806. The third-order valence-corrected chi connectivity index (χ3v) is 2.69. The van der Waals surface area contributed by atoms with Crippen LogP contribution in [0.2, 0.25) is 0 Å². The van der Waals surface area contributed by atoms with Crippen molar-refractivity contribution in [2.75, 3.05) is 6.54 Å². The number of nitrogens with one attached hydrogen (secondary N) is 1. The van der Waals surface area contributed by atoms with Gasteiger partial charge in [0.15, 0.2) is 0 Å². The third kappa shape index (κ3) is 1.89. The lowest BCUT2D eigenvalue weighted by molar-refractivity contribution is 0.116. The molecule has 1 aromatic rings. The van der Waals surface area contributed by atoms with E-state index in [9.17, 15) is 10.2 Å². The Bertz CT molecular complexity index is 314. The monoisotopic (exact) mass is 193 g/mol. The molecule has 0 aliphatic carbocycles. The summed E-state index contributed by atoms with van der Waals surface area (Å²) in [5.41, 5.74) is 0.881. The van der Waals surface area contributed by atoms with Gasteiger partial charge in [-0.05, 0) is 25.5 Å². The summed E-state index contributed by atoms with van der Waals surface area (Å²) in [5.74, 6) is 0.305. The highest BCUT2D eigenvalue weighted by atomic mass is 16.3. The van der Waals surface area contributed by atoms with E-state index < -0.39 is 0 Å². The van der Waals surface area contributed by atoms with Crippen molar-refractivity contribution in [3.8, 4) is 5.75 Å². The highest BCUT2D eigenvalue weighted by Gasteiger charge is 2.22. The number of aromatic hydroxyl groups is 1. The van der Waals surface area contributed by atoms with E-state index >= 15 is 0 Å². The fourth-order valence-corrected chi connectivity index (χ4v) is 1.92. The molecule has 0 radical (unpaired) electrons. The Morgan fingerprint density at radius 2 is 2.07 bits per heavy atom. The zero-order chi connectivity index (χ0) is 9.97. The average molecular weight is 193 g/mol. The van der Waals surface area contributed by atoms with Crippen LogP contribution in [0.1, 0.15) is 24.4 Å². The Morgan fingerprint density at radius 1 is 1.29 bits per heavy atom. The number of aliphatic hydroxyl groups is 1. The number of para-hydroxylation sites is 1. The number of phenolic OH excluding ortho intramolecular Hbond substituents is 1. The maximum atomic E-state index is 9.63. The Hall–Kier alpha value is -1.06. The molecule has 1 aliphatic rings. The van der Waals surface area contributed by atoms with E-state index in [0.29, 0.717) is 12.2 Å². The van der Waals surface area contributed by atoms with Crippen LogP contribution in [0, 0.1) is 0 Å². The van der Waals surface area contributed by atoms with E-state index in [-0.39, 0.29) is 12.1 Å². The summed E-state index contributed by atoms with van der Waals surface area (Å²) in [6.07, 6.45) is 1.22. The highest BCUT2D eigenvalue weighted by molar-refractivity contribution is 5.34. The van der Waals surface area contributed by atoms with Gasteiger partial charge in [-0.3, -0.25) is 0 Å². The molecule has 2 rings (SSSR count).